The van der Waals surface area contributed by atoms with E-state index in [1.807, 2.05) is 50.3 Å². The molecular weight excluding hydrogens is 539 g/mol. The van der Waals surface area contributed by atoms with Crippen LogP contribution in [0.1, 0.15) is 22.7 Å². The SMILES string of the molecule is CN(C)CCOc1cccc(/C=N/N2CCN(C3Cc4ccccc4Sc4ccc(Cl)cc43)CC2)c1.Cl.O. The first-order valence-electron chi connectivity index (χ1n) is 12.5. The van der Waals surface area contributed by atoms with Crippen LogP contribution in [0.25, 0.3) is 0 Å². The van der Waals surface area contributed by atoms with Gasteiger partial charge in [0.25, 0.3) is 0 Å². The second-order valence-electron chi connectivity index (χ2n) is 9.57. The molecule has 3 aromatic carbocycles. The quantitative estimate of drug-likeness (QED) is 0.359. The molecule has 1 saturated heterocycles. The molecule has 0 radical (unpaired) electrons. The predicted octanol–water partition coefficient (Wildman–Crippen LogP) is 5.28. The first-order valence-corrected chi connectivity index (χ1v) is 13.7. The van der Waals surface area contributed by atoms with Crippen LogP contribution in [0.3, 0.4) is 0 Å². The molecule has 204 valence electrons. The number of benzene rings is 3. The molecule has 0 amide bonds. The number of hydrogen-bond acceptors (Lipinski definition) is 6. The highest BCUT2D eigenvalue weighted by molar-refractivity contribution is 7.99. The van der Waals surface area contributed by atoms with Gasteiger partial charge in [-0.3, -0.25) is 9.91 Å². The lowest BCUT2D eigenvalue weighted by Crippen LogP contribution is -2.46. The van der Waals surface area contributed by atoms with Crippen LogP contribution in [-0.2, 0) is 6.42 Å². The summed E-state index contributed by atoms with van der Waals surface area (Å²) in [5, 5.41) is 7.77. The molecule has 0 spiro atoms. The van der Waals surface area contributed by atoms with Crippen LogP contribution < -0.4 is 4.74 Å². The molecule has 38 heavy (non-hydrogen) atoms. The molecule has 0 saturated carbocycles. The average molecular weight is 576 g/mol. The molecule has 0 aromatic heterocycles. The van der Waals surface area contributed by atoms with Gasteiger partial charge in [-0.1, -0.05) is 53.7 Å². The van der Waals surface area contributed by atoms with Crippen molar-refractivity contribution in [2.24, 2.45) is 5.10 Å². The first kappa shape index (κ1) is 30.3. The topological polar surface area (TPSA) is 62.8 Å². The van der Waals surface area contributed by atoms with Gasteiger partial charge in [0, 0.05) is 53.6 Å². The lowest BCUT2D eigenvalue weighted by Gasteiger charge is -2.38. The molecule has 2 heterocycles. The van der Waals surface area contributed by atoms with Crippen LogP contribution in [0.4, 0.5) is 0 Å². The van der Waals surface area contributed by atoms with E-state index in [1.54, 1.807) is 0 Å². The fourth-order valence-electron chi connectivity index (χ4n) is 4.72. The number of hydrazone groups is 1. The van der Waals surface area contributed by atoms with Crippen LogP contribution >= 0.6 is 35.8 Å². The Balaban J connectivity index is 0.00000200. The summed E-state index contributed by atoms with van der Waals surface area (Å²) in [5.41, 5.74) is 3.81. The summed E-state index contributed by atoms with van der Waals surface area (Å²) in [5.74, 6) is 0.884. The summed E-state index contributed by atoms with van der Waals surface area (Å²) in [6.45, 7) is 5.30. The maximum atomic E-state index is 6.45. The molecule has 1 atom stereocenters. The summed E-state index contributed by atoms with van der Waals surface area (Å²) in [6, 6.07) is 23.6. The Morgan fingerprint density at radius 2 is 1.79 bits per heavy atom. The molecule has 6 nitrogen and oxygen atoms in total. The number of ether oxygens (including phenoxy) is 1. The minimum atomic E-state index is 0. The molecular formula is C29H36Cl2N4O2S. The van der Waals surface area contributed by atoms with Crippen molar-refractivity contribution in [1.29, 1.82) is 0 Å². The van der Waals surface area contributed by atoms with Crippen molar-refractivity contribution in [1.82, 2.24) is 14.8 Å². The van der Waals surface area contributed by atoms with Crippen molar-refractivity contribution in [3.8, 4) is 5.75 Å². The van der Waals surface area contributed by atoms with E-state index in [1.165, 1.54) is 20.9 Å². The van der Waals surface area contributed by atoms with E-state index in [0.29, 0.717) is 12.6 Å². The summed E-state index contributed by atoms with van der Waals surface area (Å²) >= 11 is 8.32. The minimum Gasteiger partial charge on any atom is -0.492 e. The van der Waals surface area contributed by atoms with Gasteiger partial charge >= 0.3 is 0 Å². The Labute approximate surface area is 241 Å². The highest BCUT2D eigenvalue weighted by Gasteiger charge is 2.30. The van der Waals surface area contributed by atoms with Gasteiger partial charge in [-0.15, -0.1) is 12.4 Å². The number of nitrogens with zero attached hydrogens (tertiary/aromatic N) is 4. The first-order chi connectivity index (χ1) is 17.5. The van der Waals surface area contributed by atoms with E-state index >= 15 is 0 Å². The van der Waals surface area contributed by atoms with E-state index in [-0.39, 0.29) is 17.9 Å². The lowest BCUT2D eigenvalue weighted by atomic mass is 9.97. The van der Waals surface area contributed by atoms with Gasteiger partial charge < -0.3 is 15.1 Å². The van der Waals surface area contributed by atoms with Gasteiger partial charge in [0.05, 0.1) is 6.21 Å². The molecule has 0 bridgehead atoms. The normalized spacial score (nSPS) is 17.3. The van der Waals surface area contributed by atoms with Gasteiger partial charge in [-0.2, -0.15) is 5.10 Å². The number of hydrogen-bond donors (Lipinski definition) is 0. The van der Waals surface area contributed by atoms with Gasteiger partial charge in [-0.25, -0.2) is 0 Å². The van der Waals surface area contributed by atoms with Gasteiger partial charge in [0.2, 0.25) is 0 Å². The average Bonchev–Trinajstić information content (AvgIpc) is 3.04. The molecule has 1 fully saturated rings. The van der Waals surface area contributed by atoms with Crippen molar-refractivity contribution in [2.45, 2.75) is 22.3 Å². The monoisotopic (exact) mass is 574 g/mol. The van der Waals surface area contributed by atoms with Crippen LogP contribution in [0.2, 0.25) is 5.02 Å². The summed E-state index contributed by atoms with van der Waals surface area (Å²) in [7, 11) is 4.10. The van der Waals surface area contributed by atoms with E-state index in [2.05, 4.69) is 63.3 Å². The van der Waals surface area contributed by atoms with Crippen LogP contribution in [0.15, 0.2) is 81.6 Å². The molecule has 2 aliphatic heterocycles. The van der Waals surface area contributed by atoms with Crippen molar-refractivity contribution in [3.63, 3.8) is 0 Å². The summed E-state index contributed by atoms with van der Waals surface area (Å²) in [4.78, 5) is 7.37. The van der Waals surface area contributed by atoms with E-state index in [0.717, 1.165) is 55.5 Å². The zero-order valence-electron chi connectivity index (χ0n) is 21.8. The smallest absolute Gasteiger partial charge is 0.120 e. The second kappa shape index (κ2) is 14.2. The number of halogens is 2. The van der Waals surface area contributed by atoms with Crippen molar-refractivity contribution in [3.05, 3.63) is 88.4 Å². The fourth-order valence-corrected chi connectivity index (χ4v) is 6.02. The molecule has 0 aliphatic carbocycles. The van der Waals surface area contributed by atoms with E-state index in [9.17, 15) is 0 Å². The Kier molecular flexibility index (Phi) is 11.3. The Hall–Kier alpha value is -2.26. The third-order valence-electron chi connectivity index (χ3n) is 6.70. The summed E-state index contributed by atoms with van der Waals surface area (Å²) < 4.78 is 5.87. The van der Waals surface area contributed by atoms with Crippen LogP contribution in [0, 0.1) is 0 Å². The largest absolute Gasteiger partial charge is 0.492 e. The Bertz CT molecular complexity index is 1220. The highest BCUT2D eigenvalue weighted by atomic mass is 35.5. The van der Waals surface area contributed by atoms with E-state index < -0.39 is 0 Å². The third-order valence-corrected chi connectivity index (χ3v) is 8.15. The maximum absolute atomic E-state index is 6.45. The molecule has 5 rings (SSSR count). The van der Waals surface area contributed by atoms with E-state index in [4.69, 9.17) is 21.4 Å². The lowest BCUT2D eigenvalue weighted by molar-refractivity contribution is 0.0970. The zero-order valence-corrected chi connectivity index (χ0v) is 24.2. The molecule has 9 heteroatoms. The van der Waals surface area contributed by atoms with Crippen molar-refractivity contribution < 1.29 is 10.2 Å². The number of rotatable bonds is 7. The molecule has 3 aromatic rings. The molecule has 1 unspecified atom stereocenters. The standard InChI is InChI=1S/C29H33ClN4OS.ClH.H2O/c1-32(2)16-17-35-25-8-5-6-22(18-25)21-31-34-14-12-33(13-15-34)27-19-23-7-3-4-9-28(23)36-29-11-10-24(30)20-26(27)29;;/h3-11,18,20-21,27H,12-17,19H2,1-2H3;1H;1H2/b31-21+;;. The van der Waals surface area contributed by atoms with Crippen molar-refractivity contribution >= 4 is 42.0 Å². The number of fused-ring (bicyclic) bond motifs is 2. The third kappa shape index (κ3) is 7.65. The summed E-state index contributed by atoms with van der Waals surface area (Å²) in [6.07, 6.45) is 2.95. The Morgan fingerprint density at radius 1 is 1.00 bits per heavy atom. The number of piperazine rings is 1. The predicted molar refractivity (Wildman–Crippen MR) is 161 cm³/mol. The van der Waals surface area contributed by atoms with Gasteiger partial charge in [0.15, 0.2) is 0 Å². The van der Waals surface area contributed by atoms with Gasteiger partial charge in [0.1, 0.15) is 12.4 Å². The van der Waals surface area contributed by atoms with Gasteiger partial charge in [-0.05, 0) is 73.6 Å². The molecule has 2 aliphatic rings. The maximum Gasteiger partial charge on any atom is 0.120 e. The fraction of sp³-hybridized carbons (Fsp3) is 0.345. The molecule has 2 N–H and O–H groups in total. The van der Waals surface area contributed by atoms with Crippen LogP contribution in [-0.4, -0.2) is 79.9 Å². The minimum absolute atomic E-state index is 0. The zero-order chi connectivity index (χ0) is 24.9. The highest BCUT2D eigenvalue weighted by Crippen LogP contribution is 2.43. The van der Waals surface area contributed by atoms with Crippen molar-refractivity contribution in [2.75, 3.05) is 53.4 Å². The Morgan fingerprint density at radius 3 is 2.58 bits per heavy atom. The van der Waals surface area contributed by atoms with Crippen LogP contribution in [0.5, 0.6) is 5.75 Å². The number of likely N-dealkylation sites (N-methyl/N-ethyl adjacent to an activating group) is 1. The second-order valence-corrected chi connectivity index (χ2v) is 11.1.